The first-order valence-electron chi connectivity index (χ1n) is 12.8. The van der Waals surface area contributed by atoms with E-state index in [4.69, 9.17) is 4.99 Å². The molecule has 0 fully saturated rings. The molecule has 2 aliphatic heterocycles. The van der Waals surface area contributed by atoms with Gasteiger partial charge in [0.1, 0.15) is 11.9 Å². The molecule has 9 heteroatoms. The third-order valence-electron chi connectivity index (χ3n) is 6.28. The van der Waals surface area contributed by atoms with Gasteiger partial charge < -0.3 is 10.6 Å². The van der Waals surface area contributed by atoms with Gasteiger partial charge in [0.2, 0.25) is 11.8 Å². The number of nitrogens with one attached hydrogen (secondary N) is 2. The second-order valence-electron chi connectivity index (χ2n) is 9.18. The summed E-state index contributed by atoms with van der Waals surface area (Å²) in [5.74, 6) is -0.125. The van der Waals surface area contributed by atoms with Crippen molar-refractivity contribution >= 4 is 46.2 Å². The summed E-state index contributed by atoms with van der Waals surface area (Å²) in [7, 11) is 0. The first-order chi connectivity index (χ1) is 17.9. The lowest BCUT2D eigenvalue weighted by molar-refractivity contribution is -0.128. The lowest BCUT2D eigenvalue weighted by atomic mass is 10.1. The third kappa shape index (κ3) is 6.28. The molecule has 0 unspecified atom stereocenters. The molecule has 37 heavy (non-hydrogen) atoms. The van der Waals surface area contributed by atoms with Gasteiger partial charge in [0.15, 0.2) is 5.17 Å². The van der Waals surface area contributed by atoms with Crippen LogP contribution in [0.25, 0.3) is 0 Å². The van der Waals surface area contributed by atoms with Crippen molar-refractivity contribution in [1.82, 2.24) is 15.5 Å². The molecule has 0 saturated heterocycles. The summed E-state index contributed by atoms with van der Waals surface area (Å²) in [6, 6.07) is 14.7. The molecule has 0 aromatic heterocycles. The highest BCUT2D eigenvalue weighted by molar-refractivity contribution is 8.15. The van der Waals surface area contributed by atoms with Crippen LogP contribution in [0.2, 0.25) is 0 Å². The molecular weight excluding hydrogens is 486 g/mol. The summed E-state index contributed by atoms with van der Waals surface area (Å²) < 4.78 is 0. The van der Waals surface area contributed by atoms with Crippen molar-refractivity contribution in [2.45, 2.75) is 64.3 Å². The Morgan fingerprint density at radius 1 is 1.08 bits per heavy atom. The fraction of sp³-hybridized carbons (Fsp3) is 0.393. The smallest absolute Gasteiger partial charge is 0.259 e. The number of rotatable bonds is 10. The number of amidine groups is 2. The van der Waals surface area contributed by atoms with Crippen LogP contribution in [0.1, 0.15) is 56.2 Å². The number of carbonyl (C=O) groups excluding carboxylic acids is 3. The number of benzene rings is 2. The van der Waals surface area contributed by atoms with Gasteiger partial charge in [-0.15, -0.1) is 0 Å². The lowest BCUT2D eigenvalue weighted by Gasteiger charge is -2.27. The predicted octanol–water partition coefficient (Wildman–Crippen LogP) is 4.09. The number of aliphatic imine (C=N–C) groups is 2. The van der Waals surface area contributed by atoms with E-state index < -0.39 is 11.3 Å². The van der Waals surface area contributed by atoms with Crippen LogP contribution in [0.15, 0.2) is 58.5 Å². The maximum Gasteiger partial charge on any atom is 0.259 e. The molecule has 2 N–H and O–H groups in total. The molecule has 0 saturated carbocycles. The molecule has 2 atom stereocenters. The van der Waals surface area contributed by atoms with E-state index in [0.29, 0.717) is 36.2 Å². The van der Waals surface area contributed by atoms with Crippen LogP contribution in [0, 0.1) is 6.92 Å². The minimum atomic E-state index is -0.816. The minimum Gasteiger partial charge on any atom is -0.356 e. The highest BCUT2D eigenvalue weighted by Crippen LogP contribution is 2.35. The Hall–Kier alpha value is -3.46. The number of hydrogen-bond acceptors (Lipinski definition) is 6. The molecule has 2 aromatic carbocycles. The van der Waals surface area contributed by atoms with Crippen molar-refractivity contribution in [3.63, 3.8) is 0 Å². The number of aryl methyl sites for hydroxylation is 1. The van der Waals surface area contributed by atoms with Gasteiger partial charge in [-0.1, -0.05) is 74.0 Å². The molecule has 0 radical (unpaired) electrons. The maximum atomic E-state index is 13.4. The molecule has 194 valence electrons. The fourth-order valence-corrected chi connectivity index (χ4v) is 5.17. The molecule has 8 nitrogen and oxygen atoms in total. The number of unbranched alkanes of at least 4 members (excludes halogenated alkanes) is 1. The summed E-state index contributed by atoms with van der Waals surface area (Å²) in [6.45, 7) is 7.02. The Balaban J connectivity index is 1.50. The minimum absolute atomic E-state index is 0.0170. The van der Waals surface area contributed by atoms with Crippen molar-refractivity contribution < 1.29 is 14.4 Å². The number of amides is 3. The zero-order valence-corrected chi connectivity index (χ0v) is 22.3. The Labute approximate surface area is 222 Å². The maximum absolute atomic E-state index is 13.4. The first kappa shape index (κ1) is 26.6. The molecule has 0 aliphatic carbocycles. The molecule has 3 amide bonds. The fourth-order valence-electron chi connectivity index (χ4n) is 4.12. The van der Waals surface area contributed by atoms with Crippen LogP contribution in [-0.4, -0.2) is 51.5 Å². The van der Waals surface area contributed by atoms with Crippen LogP contribution in [-0.2, 0) is 20.9 Å². The van der Waals surface area contributed by atoms with Crippen LogP contribution in [0.3, 0.4) is 0 Å². The van der Waals surface area contributed by atoms with Gasteiger partial charge in [0, 0.05) is 18.7 Å². The quantitative estimate of drug-likeness (QED) is 0.462. The molecule has 2 heterocycles. The third-order valence-corrected chi connectivity index (χ3v) is 7.59. The van der Waals surface area contributed by atoms with Crippen LogP contribution >= 0.6 is 11.8 Å². The largest absolute Gasteiger partial charge is 0.356 e. The number of para-hydroxylation sites is 1. The molecule has 2 aliphatic rings. The highest BCUT2D eigenvalue weighted by atomic mass is 32.2. The number of fused-ring (bicyclic) bond motifs is 3. The topological polar surface area (TPSA) is 103 Å². The van der Waals surface area contributed by atoms with Gasteiger partial charge in [0.05, 0.1) is 17.4 Å². The monoisotopic (exact) mass is 519 g/mol. The lowest BCUT2D eigenvalue weighted by Crippen LogP contribution is -2.43. The van der Waals surface area contributed by atoms with E-state index in [1.165, 1.54) is 16.7 Å². The second-order valence-corrected chi connectivity index (χ2v) is 10.3. The predicted molar refractivity (Wildman–Crippen MR) is 148 cm³/mol. The summed E-state index contributed by atoms with van der Waals surface area (Å²) in [5, 5.41) is 5.84. The number of thioether (sulfide) groups is 1. The molecule has 0 bridgehead atoms. The zero-order chi connectivity index (χ0) is 26.4. The van der Waals surface area contributed by atoms with Crippen molar-refractivity contribution in [1.29, 1.82) is 0 Å². The molecule has 0 spiro atoms. The number of nitrogens with zero attached hydrogens (tertiary/aromatic N) is 3. The van der Waals surface area contributed by atoms with E-state index in [9.17, 15) is 14.4 Å². The average molecular weight is 520 g/mol. The van der Waals surface area contributed by atoms with Crippen LogP contribution in [0.4, 0.5) is 5.69 Å². The Morgan fingerprint density at radius 2 is 1.84 bits per heavy atom. The van der Waals surface area contributed by atoms with Gasteiger partial charge in [-0.05, 0) is 37.5 Å². The molecule has 4 rings (SSSR count). The van der Waals surface area contributed by atoms with Gasteiger partial charge in [-0.25, -0.2) is 9.89 Å². The second kappa shape index (κ2) is 12.2. The van der Waals surface area contributed by atoms with Crippen LogP contribution < -0.4 is 10.6 Å². The molecular formula is C28H33N5O3S. The van der Waals surface area contributed by atoms with E-state index in [-0.39, 0.29) is 24.1 Å². The number of hydrogen-bond donors (Lipinski definition) is 2. The Bertz CT molecular complexity index is 1220. The van der Waals surface area contributed by atoms with Gasteiger partial charge in [-0.2, -0.15) is 0 Å². The van der Waals surface area contributed by atoms with Gasteiger partial charge >= 0.3 is 0 Å². The van der Waals surface area contributed by atoms with E-state index >= 15 is 0 Å². The normalized spacial score (nSPS) is 16.9. The van der Waals surface area contributed by atoms with E-state index in [2.05, 4.69) is 22.5 Å². The highest BCUT2D eigenvalue weighted by Gasteiger charge is 2.43. The Morgan fingerprint density at radius 3 is 2.57 bits per heavy atom. The zero-order valence-electron chi connectivity index (χ0n) is 21.5. The first-order valence-corrected chi connectivity index (χ1v) is 13.7. The summed E-state index contributed by atoms with van der Waals surface area (Å²) in [6.07, 6.45) is 2.40. The Kier molecular flexibility index (Phi) is 8.76. The standard InChI is InChI=1S/C28H33N5O3S/c1-4-6-15-29-24(34)16-22-27(36)33-25(31-22)20-9-7-8-10-21(20)32-28(33)37-23(5-2)26(35)30-17-19-13-11-18(3)12-14-19/h7-14,22-23H,4-6,15-17H2,1-3H3,(H,29,34)(H,30,35)/t22-,23+/m1/s1. The molecule has 2 aromatic rings. The summed E-state index contributed by atoms with van der Waals surface area (Å²) in [4.78, 5) is 49.8. The van der Waals surface area contributed by atoms with E-state index in [1.807, 2.05) is 62.4 Å². The van der Waals surface area contributed by atoms with Crippen molar-refractivity contribution in [2.24, 2.45) is 9.98 Å². The van der Waals surface area contributed by atoms with Crippen LogP contribution in [0.5, 0.6) is 0 Å². The SMILES string of the molecule is CCCCNC(=O)C[C@H]1N=C2c3ccccc3N=C(S[C@@H](CC)C(=O)NCc3ccc(C)cc3)N2C1=O. The van der Waals surface area contributed by atoms with Gasteiger partial charge in [0.25, 0.3) is 5.91 Å². The van der Waals surface area contributed by atoms with Crippen molar-refractivity contribution in [2.75, 3.05) is 6.54 Å². The van der Waals surface area contributed by atoms with Crippen molar-refractivity contribution in [3.8, 4) is 0 Å². The summed E-state index contributed by atoms with van der Waals surface area (Å²) >= 11 is 1.25. The van der Waals surface area contributed by atoms with E-state index in [0.717, 1.165) is 29.5 Å². The summed E-state index contributed by atoms with van der Waals surface area (Å²) in [5.41, 5.74) is 3.62. The number of carbonyl (C=O) groups is 3. The van der Waals surface area contributed by atoms with Gasteiger partial charge in [-0.3, -0.25) is 19.4 Å². The average Bonchev–Trinajstić information content (AvgIpc) is 3.23. The van der Waals surface area contributed by atoms with E-state index in [1.54, 1.807) is 0 Å². The van der Waals surface area contributed by atoms with Crippen molar-refractivity contribution in [3.05, 3.63) is 65.2 Å².